The van der Waals surface area contributed by atoms with Crippen LogP contribution in [0.2, 0.25) is 0 Å². The highest BCUT2D eigenvalue weighted by atomic mass is 32.1. The van der Waals surface area contributed by atoms with E-state index in [4.69, 9.17) is 24.7 Å². The quantitative estimate of drug-likeness (QED) is 0.156. The summed E-state index contributed by atoms with van der Waals surface area (Å²) in [5, 5.41) is 18.7. The van der Waals surface area contributed by atoms with Crippen molar-refractivity contribution < 1.29 is 28.7 Å². The first-order valence-electron chi connectivity index (χ1n) is 16.0. The average Bonchev–Trinajstić information content (AvgIpc) is 3.34. The zero-order chi connectivity index (χ0) is 34.0. The molecule has 3 heterocycles. The van der Waals surface area contributed by atoms with Crippen molar-refractivity contribution in [2.45, 2.75) is 75.8 Å². The van der Waals surface area contributed by atoms with Gasteiger partial charge in [0.1, 0.15) is 35.5 Å². The number of benzene rings is 1. The molecule has 0 spiro atoms. The number of nitrogens with one attached hydrogen (secondary N) is 3. The van der Waals surface area contributed by atoms with Crippen LogP contribution in [-0.2, 0) is 19.1 Å². The Labute approximate surface area is 281 Å². The third-order valence-electron chi connectivity index (χ3n) is 9.17. The Balaban J connectivity index is 1.29. The lowest BCUT2D eigenvalue weighted by molar-refractivity contribution is -0.141. The predicted octanol–water partition coefficient (Wildman–Crippen LogP) is 3.67. The number of amides is 4. The van der Waals surface area contributed by atoms with E-state index in [1.807, 2.05) is 41.8 Å². The van der Waals surface area contributed by atoms with Crippen LogP contribution in [0, 0.1) is 23.3 Å². The molecule has 1 aromatic carbocycles. The fraction of sp³-hybridized carbons (Fsp3) is 0.441. The van der Waals surface area contributed by atoms with Crippen LogP contribution >= 0.6 is 11.3 Å². The Morgan fingerprint density at radius 1 is 1.12 bits per heavy atom. The number of hydrogen-bond acceptors (Lipinski definition) is 10. The van der Waals surface area contributed by atoms with Crippen LogP contribution in [-0.4, -0.2) is 75.1 Å². The SMILES string of the molecule is C=CC1C[C@]1(NC(=O)[C@@H]1C[C@@H](Oc2nc3ccccc3nc2-c2cccs2)CN1C(=O)[C@H](NC(=O)OC1CCC1)C(C)C)C(=O)NC#N. The molecule has 2 saturated carbocycles. The summed E-state index contributed by atoms with van der Waals surface area (Å²) < 4.78 is 11.9. The molecule has 14 heteroatoms. The third kappa shape index (κ3) is 6.55. The summed E-state index contributed by atoms with van der Waals surface area (Å²) in [6, 6.07) is 9.17. The molecule has 13 nitrogen and oxygen atoms in total. The van der Waals surface area contributed by atoms with E-state index >= 15 is 0 Å². The number of nitrogens with zero attached hydrogens (tertiary/aromatic N) is 4. The molecule has 0 radical (unpaired) electrons. The molecule has 250 valence electrons. The van der Waals surface area contributed by atoms with E-state index in [0.717, 1.165) is 24.1 Å². The molecule has 5 atom stereocenters. The molecule has 3 aliphatic rings. The largest absolute Gasteiger partial charge is 0.471 e. The van der Waals surface area contributed by atoms with Gasteiger partial charge in [0.05, 0.1) is 22.5 Å². The smallest absolute Gasteiger partial charge is 0.408 e. The van der Waals surface area contributed by atoms with E-state index in [2.05, 4.69) is 22.5 Å². The Hall–Kier alpha value is -5.03. The van der Waals surface area contributed by atoms with Gasteiger partial charge in [0.15, 0.2) is 6.19 Å². The number of thiophene rings is 1. The highest BCUT2D eigenvalue weighted by molar-refractivity contribution is 7.13. The summed E-state index contributed by atoms with van der Waals surface area (Å²) in [5.74, 6) is -2.20. The van der Waals surface area contributed by atoms with Crippen LogP contribution in [0.1, 0.15) is 46.0 Å². The number of aromatic nitrogens is 2. The molecular weight excluding hydrogens is 634 g/mol. The van der Waals surface area contributed by atoms with Crippen LogP contribution in [0.15, 0.2) is 54.4 Å². The minimum absolute atomic E-state index is 0.000158. The summed E-state index contributed by atoms with van der Waals surface area (Å²) in [6.07, 6.45) is 4.49. The van der Waals surface area contributed by atoms with Gasteiger partial charge in [-0.1, -0.05) is 38.1 Å². The summed E-state index contributed by atoms with van der Waals surface area (Å²) in [4.78, 5) is 65.7. The second-order valence-corrected chi connectivity index (χ2v) is 13.7. The molecule has 3 N–H and O–H groups in total. The maximum atomic E-state index is 14.2. The van der Waals surface area contributed by atoms with Gasteiger partial charge in [-0.2, -0.15) is 5.26 Å². The fourth-order valence-electron chi connectivity index (χ4n) is 6.17. The summed E-state index contributed by atoms with van der Waals surface area (Å²) in [7, 11) is 0. The molecule has 48 heavy (non-hydrogen) atoms. The van der Waals surface area contributed by atoms with Gasteiger partial charge in [-0.3, -0.25) is 19.7 Å². The standard InChI is InChI=1S/C34H37N7O6S/c1-4-20-16-34(20,32(44)36-18-35)40-29(42)25-15-22(17-41(25)31(43)27(19(2)3)39-33(45)47-21-9-7-10-21)46-30-28(26-13-8-14-48-26)37-23-11-5-6-12-24(23)38-30/h4-6,8,11-14,19-22,25,27H,1,7,9-10,15-17H2,2-3H3,(H,36,44)(H,39,45)(H,40,42)/t20?,22-,25+,27-,34-/m1/s1. The lowest BCUT2D eigenvalue weighted by Gasteiger charge is -2.32. The number of carbonyl (C=O) groups is 4. The van der Waals surface area contributed by atoms with Gasteiger partial charge < -0.3 is 25.0 Å². The molecule has 1 aliphatic heterocycles. The maximum Gasteiger partial charge on any atom is 0.408 e. The van der Waals surface area contributed by atoms with Gasteiger partial charge in [-0.15, -0.1) is 17.9 Å². The van der Waals surface area contributed by atoms with Gasteiger partial charge in [-0.05, 0) is 55.2 Å². The van der Waals surface area contributed by atoms with Crippen LogP contribution in [0.25, 0.3) is 21.6 Å². The number of para-hydroxylation sites is 2. The van der Waals surface area contributed by atoms with Gasteiger partial charge in [0.2, 0.25) is 17.7 Å². The first kappa shape index (κ1) is 32.9. The Kier molecular flexibility index (Phi) is 9.32. The second-order valence-electron chi connectivity index (χ2n) is 12.7. The Morgan fingerprint density at radius 3 is 2.48 bits per heavy atom. The van der Waals surface area contributed by atoms with Gasteiger partial charge in [0, 0.05) is 12.3 Å². The van der Waals surface area contributed by atoms with E-state index in [-0.39, 0.29) is 43.2 Å². The van der Waals surface area contributed by atoms with Crippen LogP contribution in [0.3, 0.4) is 0 Å². The van der Waals surface area contributed by atoms with Crippen molar-refractivity contribution in [3.8, 4) is 22.6 Å². The molecule has 0 bridgehead atoms. The second kappa shape index (κ2) is 13.6. The van der Waals surface area contributed by atoms with Crippen molar-refractivity contribution in [2.24, 2.45) is 11.8 Å². The number of hydrogen-bond donors (Lipinski definition) is 3. The number of ether oxygens (including phenoxy) is 2. The van der Waals surface area contributed by atoms with Crippen LogP contribution in [0.4, 0.5) is 4.79 Å². The first-order chi connectivity index (χ1) is 23.1. The topological polar surface area (TPSA) is 176 Å². The summed E-state index contributed by atoms with van der Waals surface area (Å²) in [6.45, 7) is 7.35. The molecule has 6 rings (SSSR count). The number of nitriles is 1. The van der Waals surface area contributed by atoms with Crippen molar-refractivity contribution in [3.05, 3.63) is 54.4 Å². The van der Waals surface area contributed by atoms with E-state index < -0.39 is 47.5 Å². The number of carbonyl (C=O) groups excluding carboxylic acids is 4. The zero-order valence-corrected chi connectivity index (χ0v) is 27.5. The van der Waals surface area contributed by atoms with E-state index in [1.165, 1.54) is 16.2 Å². The molecule has 3 fully saturated rings. The predicted molar refractivity (Wildman–Crippen MR) is 176 cm³/mol. The number of fused-ring (bicyclic) bond motifs is 1. The van der Waals surface area contributed by atoms with Crippen molar-refractivity contribution in [3.63, 3.8) is 0 Å². The highest BCUT2D eigenvalue weighted by Gasteiger charge is 2.61. The summed E-state index contributed by atoms with van der Waals surface area (Å²) in [5.41, 5.74) is 0.488. The highest BCUT2D eigenvalue weighted by Crippen LogP contribution is 2.45. The molecule has 1 saturated heterocycles. The van der Waals surface area contributed by atoms with Gasteiger partial charge >= 0.3 is 6.09 Å². The van der Waals surface area contributed by atoms with Gasteiger partial charge in [0.25, 0.3) is 5.91 Å². The Bertz CT molecular complexity index is 1770. The van der Waals surface area contributed by atoms with Crippen molar-refractivity contribution in [1.82, 2.24) is 30.8 Å². The molecule has 4 amide bonds. The number of likely N-dealkylation sites (tertiary alicyclic amines) is 1. The molecule has 2 aromatic heterocycles. The van der Waals surface area contributed by atoms with Crippen molar-refractivity contribution in [1.29, 1.82) is 5.26 Å². The molecule has 3 aromatic rings. The zero-order valence-electron chi connectivity index (χ0n) is 26.7. The van der Waals surface area contributed by atoms with E-state index in [9.17, 15) is 19.2 Å². The summed E-state index contributed by atoms with van der Waals surface area (Å²) >= 11 is 1.48. The number of rotatable bonds is 11. The minimum Gasteiger partial charge on any atom is -0.471 e. The van der Waals surface area contributed by atoms with E-state index in [1.54, 1.807) is 26.1 Å². The minimum atomic E-state index is -1.36. The number of alkyl carbamates (subject to hydrolysis) is 1. The van der Waals surface area contributed by atoms with Gasteiger partial charge in [-0.25, -0.2) is 14.8 Å². The fourth-order valence-corrected chi connectivity index (χ4v) is 6.87. The lowest BCUT2D eigenvalue weighted by atomic mass is 9.96. The third-order valence-corrected chi connectivity index (χ3v) is 10.0. The van der Waals surface area contributed by atoms with Crippen LogP contribution < -0.4 is 20.7 Å². The molecule has 1 unspecified atom stereocenters. The van der Waals surface area contributed by atoms with Crippen molar-refractivity contribution in [2.75, 3.05) is 6.54 Å². The molecular formula is C34H37N7O6S. The molecule has 2 aliphatic carbocycles. The van der Waals surface area contributed by atoms with E-state index in [0.29, 0.717) is 16.7 Å². The maximum absolute atomic E-state index is 14.2. The van der Waals surface area contributed by atoms with Crippen LogP contribution in [0.5, 0.6) is 5.88 Å². The Morgan fingerprint density at radius 2 is 1.88 bits per heavy atom. The van der Waals surface area contributed by atoms with Crippen molar-refractivity contribution >= 4 is 46.2 Å². The first-order valence-corrected chi connectivity index (χ1v) is 16.9. The lowest BCUT2D eigenvalue weighted by Crippen LogP contribution is -2.58. The average molecular weight is 672 g/mol. The monoisotopic (exact) mass is 671 g/mol. The normalized spacial score (nSPS) is 23.8.